The van der Waals surface area contributed by atoms with Crippen LogP contribution in [-0.2, 0) is 0 Å². The Kier molecular flexibility index (Phi) is 6.08. The summed E-state index contributed by atoms with van der Waals surface area (Å²) < 4.78 is 22.4. The van der Waals surface area contributed by atoms with Gasteiger partial charge in [-0.15, -0.1) is 0 Å². The van der Waals surface area contributed by atoms with Crippen molar-refractivity contribution in [3.63, 3.8) is 0 Å². The lowest BCUT2D eigenvalue weighted by Gasteiger charge is -2.29. The molecule has 0 unspecified atom stereocenters. The highest BCUT2D eigenvalue weighted by molar-refractivity contribution is 5.93. The Hall–Kier alpha value is -3.62. The summed E-state index contributed by atoms with van der Waals surface area (Å²) in [6.45, 7) is 6.42. The van der Waals surface area contributed by atoms with Crippen molar-refractivity contribution in [3.8, 4) is 17.1 Å². The maximum atomic E-state index is 14.3. The van der Waals surface area contributed by atoms with Crippen molar-refractivity contribution in [1.82, 2.24) is 29.7 Å². The molecule has 4 aromatic rings. The first-order valence-electron chi connectivity index (χ1n) is 11.7. The Morgan fingerprint density at radius 3 is 2.56 bits per heavy atom. The van der Waals surface area contributed by atoms with E-state index >= 15 is 0 Å². The van der Waals surface area contributed by atoms with Crippen molar-refractivity contribution in [2.75, 3.05) is 11.9 Å². The van der Waals surface area contributed by atoms with Crippen molar-refractivity contribution < 1.29 is 9.13 Å². The molecule has 8 nitrogen and oxygen atoms in total. The fraction of sp³-hybridized carbons (Fsp3) is 0.400. The summed E-state index contributed by atoms with van der Waals surface area (Å²) in [6, 6.07) is 3.91. The highest BCUT2D eigenvalue weighted by Gasteiger charge is 2.28. The summed E-state index contributed by atoms with van der Waals surface area (Å²) in [5.74, 6) is 1.26. The monoisotopic (exact) mass is 461 g/mol. The van der Waals surface area contributed by atoms with Gasteiger partial charge in [0.2, 0.25) is 0 Å². The third-order valence-corrected chi connectivity index (χ3v) is 6.32. The standard InChI is InChI=1S/C25H28FN7O/c1-4-27-22-11-21-20(14-31-22)24(17-12-29-16(3)30-13-17)32-33(21)18-5-7-19(8-6-18)34-25-23(26)15(2)9-10-28-25/h9-14,18-19H,4-8H2,1-3H3,(H,27,31). The summed E-state index contributed by atoms with van der Waals surface area (Å²) in [5.41, 5.74) is 3.26. The van der Waals surface area contributed by atoms with E-state index in [4.69, 9.17) is 9.84 Å². The van der Waals surface area contributed by atoms with Gasteiger partial charge in [-0.25, -0.2) is 24.3 Å². The van der Waals surface area contributed by atoms with Gasteiger partial charge < -0.3 is 10.1 Å². The van der Waals surface area contributed by atoms with E-state index in [0.29, 0.717) is 5.56 Å². The van der Waals surface area contributed by atoms with Crippen LogP contribution in [0.3, 0.4) is 0 Å². The molecule has 0 radical (unpaired) electrons. The van der Waals surface area contributed by atoms with E-state index in [1.165, 1.54) is 0 Å². The summed E-state index contributed by atoms with van der Waals surface area (Å²) >= 11 is 0. The van der Waals surface area contributed by atoms with E-state index < -0.39 is 0 Å². The number of hydrogen-bond donors (Lipinski definition) is 1. The summed E-state index contributed by atoms with van der Waals surface area (Å²) in [7, 11) is 0. The van der Waals surface area contributed by atoms with Crippen LogP contribution in [-0.4, -0.2) is 42.4 Å². The molecule has 0 bridgehead atoms. The predicted molar refractivity (Wildman–Crippen MR) is 128 cm³/mol. The van der Waals surface area contributed by atoms with Gasteiger partial charge in [0.15, 0.2) is 5.82 Å². The van der Waals surface area contributed by atoms with Gasteiger partial charge in [0.25, 0.3) is 5.88 Å². The average Bonchev–Trinajstić information content (AvgIpc) is 3.22. The van der Waals surface area contributed by atoms with Gasteiger partial charge in [0.05, 0.1) is 11.6 Å². The first kappa shape index (κ1) is 22.2. The van der Waals surface area contributed by atoms with Gasteiger partial charge in [-0.1, -0.05) is 0 Å². The van der Waals surface area contributed by atoms with Gasteiger partial charge >= 0.3 is 0 Å². The highest BCUT2D eigenvalue weighted by atomic mass is 19.1. The molecule has 0 atom stereocenters. The second-order valence-corrected chi connectivity index (χ2v) is 8.72. The van der Waals surface area contributed by atoms with E-state index in [1.54, 1.807) is 31.6 Å². The van der Waals surface area contributed by atoms with E-state index in [0.717, 1.165) is 66.0 Å². The summed E-state index contributed by atoms with van der Waals surface area (Å²) in [6.07, 6.45) is 10.3. The lowest BCUT2D eigenvalue weighted by Crippen LogP contribution is -2.27. The molecule has 4 aromatic heterocycles. The first-order chi connectivity index (χ1) is 16.5. The molecule has 0 amide bonds. The number of anilines is 1. The molecule has 1 aliphatic carbocycles. The van der Waals surface area contributed by atoms with E-state index in [9.17, 15) is 4.39 Å². The van der Waals surface area contributed by atoms with Crippen LogP contribution in [0.25, 0.3) is 22.2 Å². The van der Waals surface area contributed by atoms with Crippen LogP contribution in [0.4, 0.5) is 10.2 Å². The minimum Gasteiger partial charge on any atom is -0.472 e. The van der Waals surface area contributed by atoms with E-state index in [1.807, 2.05) is 20.0 Å². The predicted octanol–water partition coefficient (Wildman–Crippen LogP) is 5.03. The lowest BCUT2D eigenvalue weighted by atomic mass is 9.93. The van der Waals surface area contributed by atoms with Crippen LogP contribution < -0.4 is 10.1 Å². The maximum Gasteiger partial charge on any atom is 0.250 e. The molecule has 0 saturated heterocycles. The molecule has 176 valence electrons. The van der Waals surface area contributed by atoms with Gasteiger partial charge in [0, 0.05) is 48.3 Å². The zero-order valence-electron chi connectivity index (χ0n) is 19.6. The first-order valence-corrected chi connectivity index (χ1v) is 11.7. The Morgan fingerprint density at radius 2 is 1.82 bits per heavy atom. The summed E-state index contributed by atoms with van der Waals surface area (Å²) in [5, 5.41) is 9.27. The van der Waals surface area contributed by atoms with Crippen molar-refractivity contribution in [2.24, 2.45) is 0 Å². The average molecular weight is 462 g/mol. The van der Waals surface area contributed by atoms with Crippen molar-refractivity contribution in [2.45, 2.75) is 58.6 Å². The van der Waals surface area contributed by atoms with Crippen molar-refractivity contribution >= 4 is 16.7 Å². The van der Waals surface area contributed by atoms with Crippen LogP contribution in [0.5, 0.6) is 5.88 Å². The molecule has 5 rings (SSSR count). The lowest BCUT2D eigenvalue weighted by molar-refractivity contribution is 0.120. The topological polar surface area (TPSA) is 90.6 Å². The molecular formula is C25H28FN7O. The maximum absolute atomic E-state index is 14.3. The number of ether oxygens (including phenoxy) is 1. The number of halogens is 1. The third kappa shape index (κ3) is 4.30. The van der Waals surface area contributed by atoms with E-state index in [-0.39, 0.29) is 23.8 Å². The summed E-state index contributed by atoms with van der Waals surface area (Å²) in [4.78, 5) is 17.3. The number of hydrogen-bond acceptors (Lipinski definition) is 7. The fourth-order valence-electron chi connectivity index (χ4n) is 4.48. The molecule has 0 aliphatic heterocycles. The highest BCUT2D eigenvalue weighted by Crippen LogP contribution is 2.36. The van der Waals surface area contributed by atoms with Gasteiger partial charge in [-0.3, -0.25) is 4.68 Å². The van der Waals surface area contributed by atoms with Crippen LogP contribution >= 0.6 is 0 Å². The Bertz CT molecular complexity index is 1300. The molecule has 4 heterocycles. The largest absolute Gasteiger partial charge is 0.472 e. The molecular weight excluding hydrogens is 433 g/mol. The smallest absolute Gasteiger partial charge is 0.250 e. The zero-order chi connectivity index (χ0) is 23.7. The Balaban J connectivity index is 1.42. The zero-order valence-corrected chi connectivity index (χ0v) is 19.6. The number of aromatic nitrogens is 6. The Labute approximate surface area is 197 Å². The number of fused-ring (bicyclic) bond motifs is 1. The fourth-order valence-corrected chi connectivity index (χ4v) is 4.48. The quantitative estimate of drug-likeness (QED) is 0.430. The van der Waals surface area contributed by atoms with Crippen LogP contribution in [0.1, 0.15) is 50.0 Å². The van der Waals surface area contributed by atoms with Crippen LogP contribution in [0.15, 0.2) is 36.9 Å². The van der Waals surface area contributed by atoms with Gasteiger partial charge in [0.1, 0.15) is 23.4 Å². The molecule has 9 heteroatoms. The number of pyridine rings is 2. The number of rotatable bonds is 6. The van der Waals surface area contributed by atoms with E-state index in [2.05, 4.69) is 36.0 Å². The molecule has 1 saturated carbocycles. The van der Waals surface area contributed by atoms with Crippen LogP contribution in [0.2, 0.25) is 0 Å². The second kappa shape index (κ2) is 9.32. The van der Waals surface area contributed by atoms with Crippen LogP contribution in [0, 0.1) is 19.7 Å². The minimum absolute atomic E-state index is 0.0640. The molecule has 34 heavy (non-hydrogen) atoms. The third-order valence-electron chi connectivity index (χ3n) is 6.32. The minimum atomic E-state index is -0.379. The normalized spacial score (nSPS) is 18.2. The van der Waals surface area contributed by atoms with Gasteiger partial charge in [-0.2, -0.15) is 5.10 Å². The molecule has 1 aliphatic rings. The molecule has 1 N–H and O–H groups in total. The van der Waals surface area contributed by atoms with Gasteiger partial charge in [-0.05, 0) is 58.1 Å². The molecule has 0 aromatic carbocycles. The molecule has 0 spiro atoms. The number of nitrogens with zero attached hydrogens (tertiary/aromatic N) is 6. The van der Waals surface area contributed by atoms with Crippen molar-refractivity contribution in [1.29, 1.82) is 0 Å². The second-order valence-electron chi connectivity index (χ2n) is 8.72. The van der Waals surface area contributed by atoms with Crippen molar-refractivity contribution in [3.05, 3.63) is 54.1 Å². The number of aryl methyl sites for hydroxylation is 2. The SMILES string of the molecule is CCNc1cc2c(cn1)c(-c1cnc(C)nc1)nn2C1CCC(Oc2nccc(C)c2F)CC1. The Morgan fingerprint density at radius 1 is 1.06 bits per heavy atom. The molecule has 1 fully saturated rings. The number of nitrogens with one attached hydrogen (secondary N) is 1.